The molecule has 0 radical (unpaired) electrons. The van der Waals surface area contributed by atoms with E-state index in [9.17, 15) is 0 Å². The van der Waals surface area contributed by atoms with Crippen LogP contribution in [0.1, 0.15) is 20.8 Å². The summed E-state index contributed by atoms with van der Waals surface area (Å²) in [6.45, 7) is 6.66. The number of aromatic nitrogens is 1. The quantitative estimate of drug-likeness (QED) is 0.484. The lowest BCUT2D eigenvalue weighted by Crippen LogP contribution is -2.49. The normalized spacial score (nSPS) is 12.0. The molecule has 1 nitrogen and oxygen atoms in total. The summed E-state index contributed by atoms with van der Waals surface area (Å²) in [5.41, 5.74) is 0.221. The predicted octanol–water partition coefficient (Wildman–Crippen LogP) is 2.51. The maximum absolute atomic E-state index is 2.31. The Balaban J connectivity index is 3.02. The van der Waals surface area contributed by atoms with Crippen LogP contribution in [0.2, 0.25) is 0 Å². The van der Waals surface area contributed by atoms with Gasteiger partial charge in [-0.3, -0.25) is 0 Å². The molecule has 0 fully saturated rings. The minimum atomic E-state index is 0.221. The van der Waals surface area contributed by atoms with Gasteiger partial charge >= 0.3 is 0 Å². The zero-order valence-corrected chi connectivity index (χ0v) is 9.05. The molecule has 1 rings (SSSR count). The molecule has 0 amide bonds. The van der Waals surface area contributed by atoms with Gasteiger partial charge in [0.05, 0.1) is 5.38 Å². The second kappa shape index (κ2) is 3.15. The van der Waals surface area contributed by atoms with Gasteiger partial charge in [-0.1, -0.05) is 11.3 Å². The SMILES string of the molecule is CSc1scc[n+]1C(C)(C)C. The number of thiazole rings is 1. The third kappa shape index (κ3) is 1.97. The van der Waals surface area contributed by atoms with E-state index in [2.05, 4.69) is 43.2 Å². The van der Waals surface area contributed by atoms with Crippen LogP contribution in [-0.4, -0.2) is 6.26 Å². The van der Waals surface area contributed by atoms with E-state index in [4.69, 9.17) is 0 Å². The fraction of sp³-hybridized carbons (Fsp3) is 0.625. The summed E-state index contributed by atoms with van der Waals surface area (Å²) in [5, 5.41) is 2.14. The largest absolute Gasteiger partial charge is 0.297 e. The van der Waals surface area contributed by atoms with Gasteiger partial charge in [0.1, 0.15) is 0 Å². The van der Waals surface area contributed by atoms with E-state index in [0.717, 1.165) is 0 Å². The molecule has 0 saturated carbocycles. The van der Waals surface area contributed by atoms with Crippen LogP contribution in [0.15, 0.2) is 15.9 Å². The number of rotatable bonds is 1. The average molecular weight is 188 g/mol. The van der Waals surface area contributed by atoms with Crippen molar-refractivity contribution in [3.05, 3.63) is 11.6 Å². The molecule has 0 N–H and O–H groups in total. The zero-order chi connectivity index (χ0) is 8.48. The second-order valence-electron chi connectivity index (χ2n) is 3.41. The van der Waals surface area contributed by atoms with Gasteiger partial charge in [-0.15, -0.1) is 0 Å². The van der Waals surface area contributed by atoms with Crippen molar-refractivity contribution in [1.29, 1.82) is 0 Å². The topological polar surface area (TPSA) is 3.88 Å². The van der Waals surface area contributed by atoms with Gasteiger partial charge in [-0.05, 0) is 18.0 Å². The maximum Gasteiger partial charge on any atom is 0.297 e. The Morgan fingerprint density at radius 2 is 2.09 bits per heavy atom. The van der Waals surface area contributed by atoms with Gasteiger partial charge in [0.2, 0.25) is 0 Å². The second-order valence-corrected chi connectivity index (χ2v) is 5.36. The average Bonchev–Trinajstić information content (AvgIpc) is 2.31. The molecule has 0 aliphatic carbocycles. The highest BCUT2D eigenvalue weighted by Crippen LogP contribution is 2.19. The fourth-order valence-corrected chi connectivity index (χ4v) is 2.74. The van der Waals surface area contributed by atoms with E-state index in [1.54, 1.807) is 11.3 Å². The smallest absolute Gasteiger partial charge is 0.179 e. The molecule has 3 heteroatoms. The van der Waals surface area contributed by atoms with Crippen LogP contribution in [0.4, 0.5) is 0 Å². The highest BCUT2D eigenvalue weighted by atomic mass is 32.2. The molecule has 1 aromatic rings. The molecule has 0 spiro atoms. The minimum Gasteiger partial charge on any atom is -0.179 e. The highest BCUT2D eigenvalue weighted by Gasteiger charge is 2.25. The standard InChI is InChI=1S/C8H14NS2/c1-8(2,3)9-5-6-11-7(9)10-4/h5-6H,1-4H3/q+1. The molecule has 0 atom stereocenters. The van der Waals surface area contributed by atoms with E-state index in [-0.39, 0.29) is 5.54 Å². The molecule has 1 heterocycles. The van der Waals surface area contributed by atoms with Gasteiger partial charge in [-0.25, -0.2) is 0 Å². The van der Waals surface area contributed by atoms with Gasteiger partial charge < -0.3 is 0 Å². The van der Waals surface area contributed by atoms with Crippen molar-refractivity contribution in [1.82, 2.24) is 0 Å². The van der Waals surface area contributed by atoms with Gasteiger partial charge in [0, 0.05) is 20.8 Å². The van der Waals surface area contributed by atoms with E-state index in [1.165, 1.54) is 4.34 Å². The summed E-state index contributed by atoms with van der Waals surface area (Å²) >= 11 is 3.61. The summed E-state index contributed by atoms with van der Waals surface area (Å²) in [5.74, 6) is 0. The summed E-state index contributed by atoms with van der Waals surface area (Å²) in [6.07, 6.45) is 4.27. The molecule has 0 saturated heterocycles. The Morgan fingerprint density at radius 1 is 1.45 bits per heavy atom. The Morgan fingerprint density at radius 3 is 2.45 bits per heavy atom. The summed E-state index contributed by atoms with van der Waals surface area (Å²) in [4.78, 5) is 0. The number of thioether (sulfide) groups is 1. The van der Waals surface area contributed by atoms with Crippen molar-refractivity contribution in [3.63, 3.8) is 0 Å². The molecule has 0 aliphatic rings. The highest BCUT2D eigenvalue weighted by molar-refractivity contribution is 8.00. The summed E-state index contributed by atoms with van der Waals surface area (Å²) in [7, 11) is 0. The molecular formula is C8H14NS2+. The van der Waals surface area contributed by atoms with Crippen LogP contribution >= 0.6 is 23.1 Å². The lowest BCUT2D eigenvalue weighted by molar-refractivity contribution is -0.780. The van der Waals surface area contributed by atoms with Crippen molar-refractivity contribution in [2.24, 2.45) is 0 Å². The van der Waals surface area contributed by atoms with Gasteiger partial charge in [-0.2, -0.15) is 4.57 Å². The maximum atomic E-state index is 2.31. The lowest BCUT2D eigenvalue weighted by Gasteiger charge is -2.11. The van der Waals surface area contributed by atoms with Crippen molar-refractivity contribution >= 4 is 23.1 Å². The van der Waals surface area contributed by atoms with Crippen molar-refractivity contribution < 1.29 is 4.57 Å². The third-order valence-electron chi connectivity index (χ3n) is 1.47. The number of nitrogens with zero attached hydrogens (tertiary/aromatic N) is 1. The first kappa shape index (κ1) is 9.07. The number of hydrogen-bond acceptors (Lipinski definition) is 2. The van der Waals surface area contributed by atoms with E-state index in [0.29, 0.717) is 0 Å². The van der Waals surface area contributed by atoms with Crippen molar-refractivity contribution in [2.75, 3.05) is 6.26 Å². The molecule has 1 aromatic heterocycles. The zero-order valence-electron chi connectivity index (χ0n) is 7.42. The first-order chi connectivity index (χ1) is 5.05. The van der Waals surface area contributed by atoms with E-state index < -0.39 is 0 Å². The monoisotopic (exact) mass is 188 g/mol. The summed E-state index contributed by atoms with van der Waals surface area (Å²) < 4.78 is 3.68. The minimum absolute atomic E-state index is 0.221. The van der Waals surface area contributed by atoms with Crippen LogP contribution in [0, 0.1) is 0 Å². The van der Waals surface area contributed by atoms with E-state index >= 15 is 0 Å². The van der Waals surface area contributed by atoms with Crippen molar-refractivity contribution in [3.8, 4) is 0 Å². The molecule has 0 bridgehead atoms. The summed E-state index contributed by atoms with van der Waals surface area (Å²) in [6, 6.07) is 0. The van der Waals surface area contributed by atoms with Crippen molar-refractivity contribution in [2.45, 2.75) is 30.6 Å². The molecule has 11 heavy (non-hydrogen) atoms. The molecule has 0 unspecified atom stereocenters. The first-order valence-corrected chi connectivity index (χ1v) is 5.70. The molecule has 0 aliphatic heterocycles. The molecular weight excluding hydrogens is 174 g/mol. The Hall–Kier alpha value is -0.0200. The Labute approximate surface area is 76.4 Å². The van der Waals surface area contributed by atoms with Crippen LogP contribution in [0.3, 0.4) is 0 Å². The van der Waals surface area contributed by atoms with Gasteiger partial charge in [0.15, 0.2) is 11.7 Å². The van der Waals surface area contributed by atoms with Crippen LogP contribution < -0.4 is 4.57 Å². The Bertz CT molecular complexity index is 234. The third-order valence-corrected chi connectivity index (χ3v) is 3.46. The van der Waals surface area contributed by atoms with Crippen LogP contribution in [0.5, 0.6) is 0 Å². The Kier molecular flexibility index (Phi) is 2.60. The van der Waals surface area contributed by atoms with Crippen LogP contribution in [-0.2, 0) is 5.54 Å². The van der Waals surface area contributed by atoms with Gasteiger partial charge in [0.25, 0.3) is 4.34 Å². The first-order valence-electron chi connectivity index (χ1n) is 3.59. The fourth-order valence-electron chi connectivity index (χ4n) is 0.911. The van der Waals surface area contributed by atoms with E-state index in [1.807, 2.05) is 11.8 Å². The molecule has 0 aromatic carbocycles. The number of hydrogen-bond donors (Lipinski definition) is 0. The molecule has 62 valence electrons. The van der Waals surface area contributed by atoms with Crippen LogP contribution in [0.25, 0.3) is 0 Å². The predicted molar refractivity (Wildman–Crippen MR) is 51.3 cm³/mol. The lowest BCUT2D eigenvalue weighted by atomic mass is 10.1.